The SMILES string of the molecule is CNc1ccc(Cn2nc(-c3nc(-c4ccc(C(C)C)cc4)no3)cc2C)cn1. The van der Waals surface area contributed by atoms with Gasteiger partial charge in [0.2, 0.25) is 5.82 Å². The molecular formula is C22H24N6O. The van der Waals surface area contributed by atoms with E-state index in [1.165, 1.54) is 5.56 Å². The Morgan fingerprint density at radius 1 is 1.10 bits per heavy atom. The van der Waals surface area contributed by atoms with E-state index < -0.39 is 0 Å². The van der Waals surface area contributed by atoms with E-state index in [0.29, 0.717) is 29.9 Å². The lowest BCUT2D eigenvalue weighted by molar-refractivity contribution is 0.430. The molecule has 7 nitrogen and oxygen atoms in total. The van der Waals surface area contributed by atoms with Crippen LogP contribution in [0.1, 0.15) is 36.6 Å². The zero-order valence-corrected chi connectivity index (χ0v) is 17.0. The summed E-state index contributed by atoms with van der Waals surface area (Å²) in [5.74, 6) is 2.31. The van der Waals surface area contributed by atoms with Crippen LogP contribution in [-0.2, 0) is 6.54 Å². The number of hydrogen-bond acceptors (Lipinski definition) is 6. The van der Waals surface area contributed by atoms with E-state index in [4.69, 9.17) is 4.52 Å². The Morgan fingerprint density at radius 2 is 1.90 bits per heavy atom. The quantitative estimate of drug-likeness (QED) is 0.523. The lowest BCUT2D eigenvalue weighted by Gasteiger charge is -2.05. The van der Waals surface area contributed by atoms with Crippen LogP contribution in [0.2, 0.25) is 0 Å². The first-order valence-corrected chi connectivity index (χ1v) is 9.65. The van der Waals surface area contributed by atoms with E-state index in [-0.39, 0.29) is 0 Å². The molecule has 7 heteroatoms. The Bertz CT molecular complexity index is 1090. The maximum atomic E-state index is 5.47. The minimum atomic E-state index is 0.415. The lowest BCUT2D eigenvalue weighted by Crippen LogP contribution is -2.04. The van der Waals surface area contributed by atoms with Gasteiger partial charge in [0, 0.05) is 24.5 Å². The van der Waals surface area contributed by atoms with Crippen LogP contribution in [0.3, 0.4) is 0 Å². The Kier molecular flexibility index (Phi) is 5.12. The smallest absolute Gasteiger partial charge is 0.278 e. The number of rotatable bonds is 6. The number of pyridine rings is 1. The largest absolute Gasteiger partial charge is 0.373 e. The van der Waals surface area contributed by atoms with Crippen LogP contribution >= 0.6 is 0 Å². The minimum absolute atomic E-state index is 0.415. The number of anilines is 1. The van der Waals surface area contributed by atoms with E-state index in [0.717, 1.165) is 22.6 Å². The van der Waals surface area contributed by atoms with Crippen LogP contribution in [0.15, 0.2) is 53.2 Å². The highest BCUT2D eigenvalue weighted by Crippen LogP contribution is 2.24. The monoisotopic (exact) mass is 388 g/mol. The molecule has 4 aromatic rings. The van der Waals surface area contributed by atoms with Crippen molar-refractivity contribution in [1.82, 2.24) is 24.9 Å². The van der Waals surface area contributed by atoms with E-state index in [1.807, 2.05) is 55.2 Å². The highest BCUT2D eigenvalue weighted by atomic mass is 16.5. The summed E-state index contributed by atoms with van der Waals surface area (Å²) in [6, 6.07) is 14.2. The maximum Gasteiger partial charge on any atom is 0.278 e. The molecule has 0 fully saturated rings. The molecule has 0 aliphatic heterocycles. The first-order chi connectivity index (χ1) is 14.0. The number of nitrogens with zero attached hydrogens (tertiary/aromatic N) is 5. The number of aryl methyl sites for hydroxylation is 1. The van der Waals surface area contributed by atoms with E-state index >= 15 is 0 Å². The molecule has 0 aliphatic rings. The van der Waals surface area contributed by atoms with Crippen molar-refractivity contribution in [3.63, 3.8) is 0 Å². The van der Waals surface area contributed by atoms with Gasteiger partial charge in [0.1, 0.15) is 5.82 Å². The van der Waals surface area contributed by atoms with Gasteiger partial charge < -0.3 is 9.84 Å². The zero-order valence-electron chi connectivity index (χ0n) is 17.0. The molecular weight excluding hydrogens is 364 g/mol. The minimum Gasteiger partial charge on any atom is -0.373 e. The molecule has 4 rings (SSSR count). The molecule has 0 unspecified atom stereocenters. The second-order valence-electron chi connectivity index (χ2n) is 7.33. The summed E-state index contributed by atoms with van der Waals surface area (Å²) < 4.78 is 7.38. The number of aromatic nitrogens is 5. The fourth-order valence-electron chi connectivity index (χ4n) is 3.08. The Balaban J connectivity index is 1.54. The van der Waals surface area contributed by atoms with E-state index in [1.54, 1.807) is 0 Å². The Labute approximate surface area is 169 Å². The summed E-state index contributed by atoms with van der Waals surface area (Å²) in [5, 5.41) is 11.8. The number of benzene rings is 1. The third-order valence-electron chi connectivity index (χ3n) is 4.88. The van der Waals surface area contributed by atoms with Gasteiger partial charge in [-0.15, -0.1) is 0 Å². The molecule has 0 radical (unpaired) electrons. The molecule has 0 saturated carbocycles. The van der Waals surface area contributed by atoms with Crippen LogP contribution in [0.4, 0.5) is 5.82 Å². The summed E-state index contributed by atoms with van der Waals surface area (Å²) in [7, 11) is 1.85. The highest BCUT2D eigenvalue weighted by molar-refractivity contribution is 5.58. The molecule has 0 bridgehead atoms. The molecule has 3 aromatic heterocycles. The summed E-state index contributed by atoms with van der Waals surface area (Å²) in [5.41, 5.74) is 4.96. The molecule has 1 N–H and O–H groups in total. The van der Waals surface area contributed by atoms with Gasteiger partial charge in [0.05, 0.1) is 6.54 Å². The maximum absolute atomic E-state index is 5.47. The summed E-state index contributed by atoms with van der Waals surface area (Å²) in [6.45, 7) is 6.98. The number of nitrogens with one attached hydrogen (secondary N) is 1. The zero-order chi connectivity index (χ0) is 20.4. The third kappa shape index (κ3) is 4.03. The first-order valence-electron chi connectivity index (χ1n) is 9.65. The fourth-order valence-corrected chi connectivity index (χ4v) is 3.08. The highest BCUT2D eigenvalue weighted by Gasteiger charge is 2.15. The van der Waals surface area contributed by atoms with Gasteiger partial charge in [-0.25, -0.2) is 4.98 Å². The van der Waals surface area contributed by atoms with Gasteiger partial charge in [-0.05, 0) is 36.1 Å². The molecule has 0 spiro atoms. The average molecular weight is 388 g/mol. The van der Waals surface area contributed by atoms with Crippen LogP contribution in [0.25, 0.3) is 23.0 Å². The molecule has 0 amide bonds. The van der Waals surface area contributed by atoms with Crippen LogP contribution in [-0.4, -0.2) is 32.0 Å². The van der Waals surface area contributed by atoms with Crippen molar-refractivity contribution in [1.29, 1.82) is 0 Å². The Morgan fingerprint density at radius 3 is 2.55 bits per heavy atom. The molecule has 0 aliphatic carbocycles. The molecule has 0 atom stereocenters. The first kappa shape index (κ1) is 18.9. The lowest BCUT2D eigenvalue weighted by atomic mass is 10.0. The van der Waals surface area contributed by atoms with Crippen molar-refractivity contribution < 1.29 is 4.52 Å². The van der Waals surface area contributed by atoms with E-state index in [2.05, 4.69) is 51.5 Å². The summed E-state index contributed by atoms with van der Waals surface area (Å²) in [4.78, 5) is 8.88. The molecule has 148 valence electrons. The molecule has 29 heavy (non-hydrogen) atoms. The molecule has 3 heterocycles. The summed E-state index contributed by atoms with van der Waals surface area (Å²) >= 11 is 0. The van der Waals surface area contributed by atoms with Crippen molar-refractivity contribution in [2.24, 2.45) is 0 Å². The van der Waals surface area contributed by atoms with Gasteiger partial charge in [0.15, 0.2) is 5.69 Å². The van der Waals surface area contributed by atoms with Crippen molar-refractivity contribution in [3.05, 3.63) is 65.5 Å². The molecule has 1 aromatic carbocycles. The van der Waals surface area contributed by atoms with Crippen molar-refractivity contribution in [3.8, 4) is 23.0 Å². The predicted molar refractivity (Wildman–Crippen MR) is 113 cm³/mol. The topological polar surface area (TPSA) is 81.7 Å². The van der Waals surface area contributed by atoms with Crippen molar-refractivity contribution in [2.45, 2.75) is 33.2 Å². The van der Waals surface area contributed by atoms with Crippen molar-refractivity contribution >= 4 is 5.82 Å². The van der Waals surface area contributed by atoms with Gasteiger partial charge in [-0.1, -0.05) is 49.3 Å². The second kappa shape index (κ2) is 7.87. The van der Waals surface area contributed by atoms with Crippen LogP contribution in [0, 0.1) is 6.92 Å². The fraction of sp³-hybridized carbons (Fsp3) is 0.273. The van der Waals surface area contributed by atoms with Gasteiger partial charge >= 0.3 is 0 Å². The third-order valence-corrected chi connectivity index (χ3v) is 4.88. The van der Waals surface area contributed by atoms with Gasteiger partial charge in [-0.2, -0.15) is 10.1 Å². The van der Waals surface area contributed by atoms with Gasteiger partial charge in [-0.3, -0.25) is 4.68 Å². The predicted octanol–water partition coefficient (Wildman–Crippen LogP) is 4.52. The second-order valence-corrected chi connectivity index (χ2v) is 7.33. The van der Waals surface area contributed by atoms with Crippen LogP contribution < -0.4 is 5.32 Å². The normalized spacial score (nSPS) is 11.2. The van der Waals surface area contributed by atoms with Crippen molar-refractivity contribution in [2.75, 3.05) is 12.4 Å². The number of hydrogen-bond donors (Lipinski definition) is 1. The molecule has 0 saturated heterocycles. The average Bonchev–Trinajstić information content (AvgIpc) is 3.36. The van der Waals surface area contributed by atoms with E-state index in [9.17, 15) is 0 Å². The Hall–Kier alpha value is -3.48. The summed E-state index contributed by atoms with van der Waals surface area (Å²) in [6.07, 6.45) is 1.85. The van der Waals surface area contributed by atoms with Gasteiger partial charge in [0.25, 0.3) is 5.89 Å². The van der Waals surface area contributed by atoms with Crippen LogP contribution in [0.5, 0.6) is 0 Å². The standard InChI is InChI=1S/C22H24N6O/c1-14(2)17-6-8-18(9-7-17)21-25-22(29-27-21)19-11-15(3)28(26-19)13-16-5-10-20(23-4)24-12-16/h5-12,14H,13H2,1-4H3,(H,23,24).